The average Bonchev–Trinajstić information content (AvgIpc) is 3.26. The summed E-state index contributed by atoms with van der Waals surface area (Å²) in [5.41, 5.74) is 25.4. The Bertz CT molecular complexity index is 2530. The molecular weight excluding hydrogens is 761 g/mol. The minimum atomic E-state index is 0.205. The third kappa shape index (κ3) is 9.11. The summed E-state index contributed by atoms with van der Waals surface area (Å²) in [6.45, 7) is 17.8. The second kappa shape index (κ2) is 18.0. The lowest BCUT2D eigenvalue weighted by Crippen LogP contribution is -1.99. The number of rotatable bonds is 11. The van der Waals surface area contributed by atoms with Gasteiger partial charge < -0.3 is 0 Å². The minimum Gasteiger partial charge on any atom is -0.0856 e. The zero-order chi connectivity index (χ0) is 41.9. The van der Waals surface area contributed by atoms with E-state index in [1.54, 1.807) is 0 Å². The van der Waals surface area contributed by atoms with Crippen molar-refractivity contribution in [3.8, 4) is 66.8 Å². The molecule has 8 aromatic carbocycles. The summed E-state index contributed by atoms with van der Waals surface area (Å²) in [5, 5.41) is 0.410. The third-order valence-electron chi connectivity index (χ3n) is 11.8. The van der Waals surface area contributed by atoms with Gasteiger partial charge in [0.15, 0.2) is 0 Å². The quantitative estimate of drug-likeness (QED) is 0.119. The van der Waals surface area contributed by atoms with Gasteiger partial charge in [0.05, 0.1) is 0 Å². The van der Waals surface area contributed by atoms with Gasteiger partial charge in [-0.3, -0.25) is 0 Å². The maximum Gasteiger partial charge on any atom is 0.0379 e. The Balaban J connectivity index is 1.23. The topological polar surface area (TPSA) is 0 Å². The molecule has 8 aromatic rings. The highest BCUT2D eigenvalue weighted by molar-refractivity contribution is 8.76. The Morgan fingerprint density at radius 3 is 0.650 bits per heavy atom. The number of aryl methyl sites for hydroxylation is 6. The molecule has 0 nitrogen and oxygen atoms in total. The largest absolute Gasteiger partial charge is 0.0856 e. The Morgan fingerprint density at radius 2 is 0.433 bits per heavy atom. The number of benzene rings is 8. The fraction of sp³-hybridized carbons (Fsp3) is 0.172. The lowest BCUT2D eigenvalue weighted by molar-refractivity contribution is 1.10. The first kappa shape index (κ1) is 41.2. The van der Waals surface area contributed by atoms with E-state index in [4.69, 9.17) is 0 Å². The van der Waals surface area contributed by atoms with Gasteiger partial charge in [0.1, 0.15) is 0 Å². The summed E-state index contributed by atoms with van der Waals surface area (Å²) in [6.07, 6.45) is 0. The van der Waals surface area contributed by atoms with Crippen LogP contribution in [0.25, 0.3) is 66.8 Å². The Hall–Kier alpha value is -5.54. The molecule has 0 radical (unpaired) electrons. The van der Waals surface area contributed by atoms with Crippen LogP contribution in [-0.2, 0) is 0 Å². The minimum absolute atomic E-state index is 0.205. The summed E-state index contributed by atoms with van der Waals surface area (Å²) in [5.74, 6) is 0. The maximum absolute atomic E-state index is 2.49. The summed E-state index contributed by atoms with van der Waals surface area (Å²) in [4.78, 5) is 0. The van der Waals surface area contributed by atoms with E-state index in [1.807, 2.05) is 21.6 Å². The molecule has 0 aromatic heterocycles. The first-order valence-electron chi connectivity index (χ1n) is 21.1. The fourth-order valence-electron chi connectivity index (χ4n) is 8.03. The van der Waals surface area contributed by atoms with Crippen LogP contribution in [-0.4, -0.2) is 0 Å². The molecule has 8 rings (SSSR count). The Kier molecular flexibility index (Phi) is 12.3. The van der Waals surface area contributed by atoms with E-state index in [0.29, 0.717) is 0 Å². The van der Waals surface area contributed by atoms with E-state index >= 15 is 0 Å². The molecule has 0 fully saturated rings. The van der Waals surface area contributed by atoms with E-state index in [-0.39, 0.29) is 10.5 Å². The maximum atomic E-state index is 2.49. The van der Waals surface area contributed by atoms with Gasteiger partial charge in [-0.2, -0.15) is 0 Å². The number of hydrogen-bond donors (Lipinski definition) is 0. The molecule has 0 heterocycles. The van der Waals surface area contributed by atoms with E-state index in [0.717, 1.165) is 0 Å². The normalized spacial score (nSPS) is 12.3. The predicted molar refractivity (Wildman–Crippen MR) is 266 cm³/mol. The highest BCUT2D eigenvalue weighted by atomic mass is 33.1. The highest BCUT2D eigenvalue weighted by Crippen LogP contribution is 2.52. The van der Waals surface area contributed by atoms with E-state index < -0.39 is 0 Å². The standard InChI is InChI=1S/C58H54S2/c1-37-9-21-45(22-10-37)53-35-57(49-29-17-41(5)18-30-49)55(47-25-13-39(3)14-26-47)33-51(53)43(7)59-60-44(8)52-34-56(48-27-15-40(4)16-28-48)58(50-31-19-42(6)20-32-50)36-54(52)46-23-11-38(2)12-24-46/h9-36,43-44H,1-8H3/t43-,44-/m1/s1. The second-order valence-corrected chi connectivity index (χ2v) is 19.6. The molecule has 0 spiro atoms. The van der Waals surface area contributed by atoms with Crippen molar-refractivity contribution in [3.63, 3.8) is 0 Å². The molecule has 60 heavy (non-hydrogen) atoms. The van der Waals surface area contributed by atoms with Crippen molar-refractivity contribution < 1.29 is 0 Å². The van der Waals surface area contributed by atoms with Gasteiger partial charge >= 0.3 is 0 Å². The van der Waals surface area contributed by atoms with Crippen molar-refractivity contribution in [2.24, 2.45) is 0 Å². The molecule has 0 aliphatic heterocycles. The van der Waals surface area contributed by atoms with Gasteiger partial charge in [0.2, 0.25) is 0 Å². The Labute approximate surface area is 366 Å². The van der Waals surface area contributed by atoms with Crippen LogP contribution in [0.2, 0.25) is 0 Å². The van der Waals surface area contributed by atoms with Crippen LogP contribution in [0.4, 0.5) is 0 Å². The molecule has 0 bridgehead atoms. The molecular formula is C58H54S2. The van der Waals surface area contributed by atoms with Crippen LogP contribution in [0, 0.1) is 41.5 Å². The summed E-state index contributed by atoms with van der Waals surface area (Å²) < 4.78 is 0. The molecule has 2 heteroatoms. The highest BCUT2D eigenvalue weighted by Gasteiger charge is 2.23. The molecule has 0 aliphatic rings. The summed E-state index contributed by atoms with van der Waals surface area (Å²) in [7, 11) is 3.97. The smallest absolute Gasteiger partial charge is 0.0379 e. The Morgan fingerprint density at radius 1 is 0.250 bits per heavy atom. The molecule has 0 unspecified atom stereocenters. The monoisotopic (exact) mass is 814 g/mol. The van der Waals surface area contributed by atoms with E-state index in [2.05, 4.69) is 225 Å². The SMILES string of the molecule is Cc1ccc(-c2cc(-c3ccc(C)cc3)c([C@@H](C)SS[C@H](C)c3cc(-c4ccc(C)cc4)c(-c4ccc(C)cc4)cc3-c3ccc(C)cc3)cc2-c2ccc(C)cc2)cc1. The lowest BCUT2D eigenvalue weighted by Gasteiger charge is -2.24. The van der Waals surface area contributed by atoms with Crippen LogP contribution in [0.1, 0.15) is 68.9 Å². The van der Waals surface area contributed by atoms with Crippen molar-refractivity contribution in [2.45, 2.75) is 65.9 Å². The van der Waals surface area contributed by atoms with Crippen LogP contribution in [0.15, 0.2) is 170 Å². The molecule has 0 saturated carbocycles. The van der Waals surface area contributed by atoms with Crippen molar-refractivity contribution in [2.75, 3.05) is 0 Å². The van der Waals surface area contributed by atoms with E-state index in [1.165, 1.54) is 111 Å². The van der Waals surface area contributed by atoms with Crippen LogP contribution < -0.4 is 0 Å². The van der Waals surface area contributed by atoms with Crippen molar-refractivity contribution in [1.29, 1.82) is 0 Å². The van der Waals surface area contributed by atoms with Gasteiger partial charge in [-0.1, -0.05) is 201 Å². The van der Waals surface area contributed by atoms with Crippen LogP contribution in [0.5, 0.6) is 0 Å². The summed E-state index contributed by atoms with van der Waals surface area (Å²) >= 11 is 0. The zero-order valence-corrected chi connectivity index (χ0v) is 37.8. The first-order valence-corrected chi connectivity index (χ1v) is 23.4. The van der Waals surface area contributed by atoms with Crippen LogP contribution in [0.3, 0.4) is 0 Å². The lowest BCUT2D eigenvalue weighted by atomic mass is 9.86. The van der Waals surface area contributed by atoms with Gasteiger partial charge in [0, 0.05) is 10.5 Å². The molecule has 0 aliphatic carbocycles. The second-order valence-electron chi connectivity index (χ2n) is 16.6. The molecule has 0 amide bonds. The average molecular weight is 815 g/mol. The van der Waals surface area contributed by atoms with Gasteiger partial charge in [-0.15, -0.1) is 0 Å². The zero-order valence-electron chi connectivity index (χ0n) is 36.1. The van der Waals surface area contributed by atoms with Gasteiger partial charge in [0.25, 0.3) is 0 Å². The van der Waals surface area contributed by atoms with Crippen molar-refractivity contribution in [3.05, 3.63) is 214 Å². The fourth-order valence-corrected chi connectivity index (χ4v) is 10.6. The van der Waals surface area contributed by atoms with E-state index in [9.17, 15) is 0 Å². The third-order valence-corrected chi connectivity index (χ3v) is 15.0. The molecule has 0 N–H and O–H groups in total. The van der Waals surface area contributed by atoms with Crippen molar-refractivity contribution in [1.82, 2.24) is 0 Å². The van der Waals surface area contributed by atoms with Gasteiger partial charge in [-0.05, 0) is 158 Å². The van der Waals surface area contributed by atoms with Gasteiger partial charge in [-0.25, -0.2) is 0 Å². The molecule has 2 atom stereocenters. The number of hydrogen-bond acceptors (Lipinski definition) is 2. The molecule has 0 saturated heterocycles. The van der Waals surface area contributed by atoms with Crippen LogP contribution >= 0.6 is 21.6 Å². The first-order chi connectivity index (χ1) is 29.0. The molecule has 298 valence electrons. The summed E-state index contributed by atoms with van der Waals surface area (Å²) in [6, 6.07) is 64.1. The van der Waals surface area contributed by atoms with Crippen molar-refractivity contribution >= 4 is 21.6 Å². The predicted octanol–water partition coefficient (Wildman–Crippen LogP) is 17.7.